The van der Waals surface area contributed by atoms with E-state index < -0.39 is 5.82 Å². The van der Waals surface area contributed by atoms with Crippen molar-refractivity contribution in [2.45, 2.75) is 6.92 Å². The van der Waals surface area contributed by atoms with Gasteiger partial charge >= 0.3 is 0 Å². The molecule has 2 rings (SSSR count). The second-order valence-electron chi connectivity index (χ2n) is 3.55. The van der Waals surface area contributed by atoms with Gasteiger partial charge in [-0.1, -0.05) is 17.7 Å². The molecule has 4 N–H and O–H groups in total. The molecule has 0 saturated heterocycles. The molecule has 7 heteroatoms. The number of para-hydroxylation sites is 1. The zero-order valence-corrected chi connectivity index (χ0v) is 10.3. The van der Waals surface area contributed by atoms with Crippen LogP contribution >= 0.6 is 11.6 Å². The van der Waals surface area contributed by atoms with Crippen molar-refractivity contribution in [1.29, 1.82) is 0 Å². The van der Waals surface area contributed by atoms with Gasteiger partial charge in [0.15, 0.2) is 0 Å². The van der Waals surface area contributed by atoms with Gasteiger partial charge in [-0.25, -0.2) is 20.2 Å². The zero-order chi connectivity index (χ0) is 13.1. The first-order valence-electron chi connectivity index (χ1n) is 5.13. The van der Waals surface area contributed by atoms with Crippen molar-refractivity contribution in [3.05, 3.63) is 40.9 Å². The summed E-state index contributed by atoms with van der Waals surface area (Å²) < 4.78 is 13.6. The summed E-state index contributed by atoms with van der Waals surface area (Å²) in [6, 6.07) is 5.98. The van der Waals surface area contributed by atoms with Crippen LogP contribution in [0.2, 0.25) is 5.02 Å². The standard InChI is InChI=1S/C11H11ClFN5/c1-6-15-9(5-10(16-6)18-14)17-11-7(12)3-2-4-8(11)13/h2-5H,14H2,1H3,(H2,15,16,17,18). The zero-order valence-electron chi connectivity index (χ0n) is 9.54. The number of nitrogens with two attached hydrogens (primary N) is 1. The van der Waals surface area contributed by atoms with Crippen molar-refractivity contribution >= 4 is 28.9 Å². The Morgan fingerprint density at radius 3 is 2.67 bits per heavy atom. The SMILES string of the molecule is Cc1nc(NN)cc(Nc2c(F)cccc2Cl)n1. The van der Waals surface area contributed by atoms with E-state index >= 15 is 0 Å². The lowest BCUT2D eigenvalue weighted by atomic mass is 10.3. The highest BCUT2D eigenvalue weighted by Gasteiger charge is 2.08. The van der Waals surface area contributed by atoms with Crippen LogP contribution in [0.4, 0.5) is 21.7 Å². The van der Waals surface area contributed by atoms with E-state index in [-0.39, 0.29) is 10.7 Å². The molecule has 0 amide bonds. The van der Waals surface area contributed by atoms with Crippen molar-refractivity contribution < 1.29 is 4.39 Å². The molecule has 0 radical (unpaired) electrons. The topological polar surface area (TPSA) is 75.9 Å². The number of halogens is 2. The molecular weight excluding hydrogens is 257 g/mol. The van der Waals surface area contributed by atoms with E-state index in [4.69, 9.17) is 17.4 Å². The smallest absolute Gasteiger partial charge is 0.148 e. The normalized spacial score (nSPS) is 10.2. The molecule has 0 bridgehead atoms. The van der Waals surface area contributed by atoms with E-state index in [9.17, 15) is 4.39 Å². The molecular formula is C11H11ClFN5. The molecule has 5 nitrogen and oxygen atoms in total. The van der Waals surface area contributed by atoms with Crippen LogP contribution in [0, 0.1) is 12.7 Å². The van der Waals surface area contributed by atoms with Gasteiger partial charge in [0.25, 0.3) is 0 Å². The average molecular weight is 268 g/mol. The van der Waals surface area contributed by atoms with Gasteiger partial charge in [-0.05, 0) is 19.1 Å². The van der Waals surface area contributed by atoms with Crippen molar-refractivity contribution in [2.75, 3.05) is 10.7 Å². The van der Waals surface area contributed by atoms with Crippen molar-refractivity contribution in [1.82, 2.24) is 9.97 Å². The number of hydrogen-bond acceptors (Lipinski definition) is 5. The fourth-order valence-corrected chi connectivity index (χ4v) is 1.66. The predicted molar refractivity (Wildman–Crippen MR) is 69.3 cm³/mol. The second kappa shape index (κ2) is 5.16. The molecule has 0 fully saturated rings. The Hall–Kier alpha value is -1.92. The van der Waals surface area contributed by atoms with Gasteiger partial charge in [-0.15, -0.1) is 0 Å². The van der Waals surface area contributed by atoms with Gasteiger partial charge < -0.3 is 10.7 Å². The van der Waals surface area contributed by atoms with Crippen LogP contribution in [0.1, 0.15) is 5.82 Å². The highest BCUT2D eigenvalue weighted by molar-refractivity contribution is 6.33. The Labute approximate surface area is 108 Å². The van der Waals surface area contributed by atoms with Gasteiger partial charge in [0.1, 0.15) is 23.3 Å². The highest BCUT2D eigenvalue weighted by Crippen LogP contribution is 2.27. The number of nitrogen functional groups attached to an aromatic ring is 1. The predicted octanol–water partition coefficient (Wildman–Crippen LogP) is 2.61. The van der Waals surface area contributed by atoms with Crippen LogP contribution in [0.25, 0.3) is 0 Å². The number of benzene rings is 1. The van der Waals surface area contributed by atoms with Gasteiger partial charge in [-0.3, -0.25) is 0 Å². The van der Waals surface area contributed by atoms with E-state index in [1.54, 1.807) is 19.1 Å². The summed E-state index contributed by atoms with van der Waals surface area (Å²) in [5, 5.41) is 3.07. The Bertz CT molecular complexity index is 555. The van der Waals surface area contributed by atoms with Gasteiger partial charge in [0, 0.05) is 6.07 Å². The summed E-state index contributed by atoms with van der Waals surface area (Å²) in [4.78, 5) is 8.14. The van der Waals surface area contributed by atoms with Crippen molar-refractivity contribution in [3.8, 4) is 0 Å². The minimum absolute atomic E-state index is 0.167. The van der Waals surface area contributed by atoms with Crippen molar-refractivity contribution in [2.24, 2.45) is 5.84 Å². The largest absolute Gasteiger partial charge is 0.336 e. The summed E-state index contributed by atoms with van der Waals surface area (Å²) >= 11 is 5.91. The molecule has 0 atom stereocenters. The number of nitrogens with zero attached hydrogens (tertiary/aromatic N) is 2. The molecule has 2 aromatic rings. The minimum Gasteiger partial charge on any atom is -0.336 e. The summed E-state index contributed by atoms with van der Waals surface area (Å²) in [5.74, 6) is 6.15. The first kappa shape index (κ1) is 12.5. The number of rotatable bonds is 3. The number of aryl methyl sites for hydroxylation is 1. The minimum atomic E-state index is -0.457. The molecule has 18 heavy (non-hydrogen) atoms. The van der Waals surface area contributed by atoms with Crippen LogP contribution in [-0.4, -0.2) is 9.97 Å². The molecule has 1 aromatic carbocycles. The summed E-state index contributed by atoms with van der Waals surface area (Å²) in [5.41, 5.74) is 2.57. The molecule has 0 aliphatic heterocycles. The van der Waals surface area contributed by atoms with E-state index in [0.717, 1.165) is 0 Å². The third-order valence-corrected chi connectivity index (χ3v) is 2.52. The van der Waals surface area contributed by atoms with E-state index in [1.807, 2.05) is 0 Å². The molecule has 94 valence electrons. The lowest BCUT2D eigenvalue weighted by Crippen LogP contribution is -2.10. The number of hydrogen-bond donors (Lipinski definition) is 3. The van der Waals surface area contributed by atoms with Crippen LogP contribution in [0.5, 0.6) is 0 Å². The lowest BCUT2D eigenvalue weighted by molar-refractivity contribution is 0.632. The van der Waals surface area contributed by atoms with E-state index in [2.05, 4.69) is 20.7 Å². The molecule has 1 aromatic heterocycles. The van der Waals surface area contributed by atoms with Gasteiger partial charge in [-0.2, -0.15) is 0 Å². The first-order valence-corrected chi connectivity index (χ1v) is 5.51. The second-order valence-corrected chi connectivity index (χ2v) is 3.96. The van der Waals surface area contributed by atoms with Gasteiger partial charge in [0.2, 0.25) is 0 Å². The molecule has 0 aliphatic carbocycles. The summed E-state index contributed by atoms with van der Waals surface area (Å²) in [6.45, 7) is 1.70. The molecule has 1 heterocycles. The van der Waals surface area contributed by atoms with E-state index in [0.29, 0.717) is 17.5 Å². The van der Waals surface area contributed by atoms with E-state index in [1.165, 1.54) is 12.1 Å². The van der Waals surface area contributed by atoms with Crippen LogP contribution in [0.3, 0.4) is 0 Å². The molecule has 0 aliphatic rings. The van der Waals surface area contributed by atoms with Gasteiger partial charge in [0.05, 0.1) is 10.7 Å². The number of nitrogens with one attached hydrogen (secondary N) is 2. The third kappa shape index (κ3) is 2.66. The van der Waals surface area contributed by atoms with Crippen molar-refractivity contribution in [3.63, 3.8) is 0 Å². The first-order chi connectivity index (χ1) is 8.60. The van der Waals surface area contributed by atoms with Crippen LogP contribution < -0.4 is 16.6 Å². The number of aromatic nitrogens is 2. The Kier molecular flexibility index (Phi) is 3.59. The average Bonchev–Trinajstić information content (AvgIpc) is 2.33. The Morgan fingerprint density at radius 2 is 2.00 bits per heavy atom. The quantitative estimate of drug-likeness (QED) is 0.589. The third-order valence-electron chi connectivity index (χ3n) is 2.20. The summed E-state index contributed by atoms with van der Waals surface area (Å²) in [6.07, 6.45) is 0. The molecule has 0 unspecified atom stereocenters. The fourth-order valence-electron chi connectivity index (χ4n) is 1.45. The molecule has 0 saturated carbocycles. The number of hydrazine groups is 1. The molecule has 0 spiro atoms. The van der Waals surface area contributed by atoms with Crippen LogP contribution in [-0.2, 0) is 0 Å². The maximum atomic E-state index is 13.6. The fraction of sp³-hybridized carbons (Fsp3) is 0.0909. The van der Waals surface area contributed by atoms with Crippen LogP contribution in [0.15, 0.2) is 24.3 Å². The maximum Gasteiger partial charge on any atom is 0.148 e. The Morgan fingerprint density at radius 1 is 1.28 bits per heavy atom. The number of anilines is 3. The monoisotopic (exact) mass is 267 g/mol. The highest BCUT2D eigenvalue weighted by atomic mass is 35.5. The summed E-state index contributed by atoms with van der Waals surface area (Å²) in [7, 11) is 0. The lowest BCUT2D eigenvalue weighted by Gasteiger charge is -2.10. The maximum absolute atomic E-state index is 13.6. The Balaban J connectivity index is 2.37.